The van der Waals surface area contributed by atoms with Crippen LogP contribution in [0.2, 0.25) is 0 Å². The Kier molecular flexibility index (Phi) is 4.45. The number of nitrogens with one attached hydrogen (secondary N) is 1. The third kappa shape index (κ3) is 3.54. The molecule has 1 aliphatic carbocycles. The highest BCUT2D eigenvalue weighted by atomic mass is 15.3. The summed E-state index contributed by atoms with van der Waals surface area (Å²) >= 11 is 0. The number of hydrogen-bond acceptors (Lipinski definition) is 4. The molecule has 1 aliphatic heterocycles. The summed E-state index contributed by atoms with van der Waals surface area (Å²) in [5, 5.41) is 11.8. The van der Waals surface area contributed by atoms with Crippen molar-refractivity contribution in [1.29, 1.82) is 0 Å². The molecule has 106 valence electrons. The first-order valence-corrected chi connectivity index (χ1v) is 7.74. The van der Waals surface area contributed by atoms with Gasteiger partial charge >= 0.3 is 0 Å². The van der Waals surface area contributed by atoms with E-state index >= 15 is 0 Å². The van der Waals surface area contributed by atoms with E-state index in [9.17, 15) is 0 Å². The van der Waals surface area contributed by atoms with Crippen molar-refractivity contribution in [2.24, 2.45) is 0 Å². The van der Waals surface area contributed by atoms with Crippen LogP contribution >= 0.6 is 0 Å². The van der Waals surface area contributed by atoms with E-state index in [0.29, 0.717) is 0 Å². The van der Waals surface area contributed by atoms with Crippen molar-refractivity contribution in [2.45, 2.75) is 57.7 Å². The smallest absolute Gasteiger partial charge is 0.147 e. The fraction of sp³-hybridized carbons (Fsp3) is 0.857. The lowest BCUT2D eigenvalue weighted by molar-refractivity contribution is 0.212. The predicted octanol–water partition coefficient (Wildman–Crippen LogP) is 1.41. The molecule has 0 bridgehead atoms. The van der Waals surface area contributed by atoms with Crippen molar-refractivity contribution in [3.8, 4) is 0 Å². The van der Waals surface area contributed by atoms with Crippen molar-refractivity contribution in [3.63, 3.8) is 0 Å². The summed E-state index contributed by atoms with van der Waals surface area (Å²) in [7, 11) is 0. The molecule has 2 aliphatic rings. The lowest BCUT2D eigenvalue weighted by Gasteiger charge is -2.27. The van der Waals surface area contributed by atoms with Gasteiger partial charge in [0.1, 0.15) is 12.2 Å². The Morgan fingerprint density at radius 3 is 3.00 bits per heavy atom. The molecule has 1 saturated carbocycles. The Morgan fingerprint density at radius 1 is 1.21 bits per heavy atom. The molecule has 0 amide bonds. The second-order valence-corrected chi connectivity index (χ2v) is 5.86. The maximum Gasteiger partial charge on any atom is 0.147 e. The van der Waals surface area contributed by atoms with Gasteiger partial charge in [-0.25, -0.2) is 0 Å². The van der Waals surface area contributed by atoms with Crippen LogP contribution in [-0.4, -0.2) is 45.3 Å². The molecule has 5 heteroatoms. The van der Waals surface area contributed by atoms with Gasteiger partial charge in [0.15, 0.2) is 0 Å². The molecule has 0 aromatic carbocycles. The highest BCUT2D eigenvalue weighted by Gasteiger charge is 2.17. The van der Waals surface area contributed by atoms with Crippen molar-refractivity contribution < 1.29 is 0 Å². The molecule has 0 unspecified atom stereocenters. The number of rotatable bonds is 5. The Balaban J connectivity index is 1.32. The summed E-state index contributed by atoms with van der Waals surface area (Å²) in [5.74, 6) is 1.12. The average Bonchev–Trinajstić information content (AvgIpc) is 2.92. The fourth-order valence-electron chi connectivity index (χ4n) is 3.22. The molecule has 1 aromatic rings. The highest BCUT2D eigenvalue weighted by molar-refractivity contribution is 4.89. The number of hydrogen-bond donors (Lipinski definition) is 1. The number of fused-ring (bicyclic) bond motifs is 1. The minimum Gasteiger partial charge on any atom is -0.315 e. The van der Waals surface area contributed by atoms with E-state index in [1.807, 2.05) is 6.33 Å². The van der Waals surface area contributed by atoms with E-state index < -0.39 is 0 Å². The lowest BCUT2D eigenvalue weighted by Crippen LogP contribution is -2.37. The number of nitrogens with zero attached hydrogens (tertiary/aromatic N) is 4. The molecule has 3 rings (SSSR count). The summed E-state index contributed by atoms with van der Waals surface area (Å²) in [4.78, 5) is 2.49. The fourth-order valence-corrected chi connectivity index (χ4v) is 3.22. The Bertz CT molecular complexity index is 383. The van der Waals surface area contributed by atoms with Crippen LogP contribution in [0, 0.1) is 0 Å². The van der Waals surface area contributed by atoms with E-state index in [1.54, 1.807) is 0 Å². The Morgan fingerprint density at radius 2 is 2.11 bits per heavy atom. The van der Waals surface area contributed by atoms with Gasteiger partial charge in [0.2, 0.25) is 0 Å². The summed E-state index contributed by atoms with van der Waals surface area (Å²) in [6.07, 6.45) is 10.1. The molecule has 1 aromatic heterocycles. The summed E-state index contributed by atoms with van der Waals surface area (Å²) in [6, 6.07) is 0.790. The zero-order valence-corrected chi connectivity index (χ0v) is 11.7. The monoisotopic (exact) mass is 263 g/mol. The number of aromatic nitrogens is 3. The van der Waals surface area contributed by atoms with Gasteiger partial charge in [0.05, 0.1) is 6.54 Å². The SMILES string of the molecule is c1nnc2n1CCN(CCCNC1CCCCC1)C2. The molecular weight excluding hydrogens is 238 g/mol. The second-order valence-electron chi connectivity index (χ2n) is 5.86. The van der Waals surface area contributed by atoms with E-state index in [2.05, 4.69) is 25.0 Å². The molecule has 1 fully saturated rings. The molecule has 0 saturated heterocycles. The maximum atomic E-state index is 4.16. The normalized spacial score (nSPS) is 21.5. The quantitative estimate of drug-likeness (QED) is 0.816. The molecule has 5 nitrogen and oxygen atoms in total. The first kappa shape index (κ1) is 13.1. The third-order valence-electron chi connectivity index (χ3n) is 4.41. The topological polar surface area (TPSA) is 46.0 Å². The van der Waals surface area contributed by atoms with Crippen LogP contribution in [0.5, 0.6) is 0 Å². The molecule has 0 spiro atoms. The minimum atomic E-state index is 0.790. The van der Waals surface area contributed by atoms with Crippen LogP contribution in [0.4, 0.5) is 0 Å². The lowest BCUT2D eigenvalue weighted by atomic mass is 9.95. The van der Waals surface area contributed by atoms with Gasteiger partial charge < -0.3 is 9.88 Å². The molecule has 1 N–H and O–H groups in total. The van der Waals surface area contributed by atoms with Crippen molar-refractivity contribution in [1.82, 2.24) is 25.0 Å². The average molecular weight is 263 g/mol. The van der Waals surface area contributed by atoms with Crippen LogP contribution in [0.1, 0.15) is 44.3 Å². The largest absolute Gasteiger partial charge is 0.315 e. The molecular formula is C14H25N5. The standard InChI is InChI=1S/C14H25N5/c1-2-5-13(6-3-1)15-7-4-8-18-9-10-19-12-16-17-14(19)11-18/h12-13,15H,1-11H2. The first-order chi connectivity index (χ1) is 9.42. The van der Waals surface area contributed by atoms with Crippen LogP contribution < -0.4 is 5.32 Å². The zero-order valence-electron chi connectivity index (χ0n) is 11.7. The summed E-state index contributed by atoms with van der Waals surface area (Å²) in [6.45, 7) is 5.47. The van der Waals surface area contributed by atoms with Crippen LogP contribution in [0.25, 0.3) is 0 Å². The van der Waals surface area contributed by atoms with Gasteiger partial charge in [-0.1, -0.05) is 19.3 Å². The van der Waals surface area contributed by atoms with E-state index in [0.717, 1.165) is 38.0 Å². The minimum absolute atomic E-state index is 0.790. The third-order valence-corrected chi connectivity index (χ3v) is 4.41. The van der Waals surface area contributed by atoms with Gasteiger partial charge in [-0.3, -0.25) is 4.90 Å². The molecule has 0 radical (unpaired) electrons. The maximum absolute atomic E-state index is 4.16. The molecule has 19 heavy (non-hydrogen) atoms. The summed E-state index contributed by atoms with van der Waals surface area (Å²) in [5.41, 5.74) is 0. The van der Waals surface area contributed by atoms with E-state index in [4.69, 9.17) is 0 Å². The Hall–Kier alpha value is -0.940. The zero-order chi connectivity index (χ0) is 12.9. The van der Waals surface area contributed by atoms with E-state index in [1.165, 1.54) is 45.1 Å². The summed E-state index contributed by atoms with van der Waals surface area (Å²) < 4.78 is 2.16. The first-order valence-electron chi connectivity index (χ1n) is 7.74. The van der Waals surface area contributed by atoms with Gasteiger partial charge in [-0.2, -0.15) is 0 Å². The molecule has 2 heterocycles. The van der Waals surface area contributed by atoms with Gasteiger partial charge in [0, 0.05) is 19.1 Å². The Labute approximate surface area is 115 Å². The predicted molar refractivity (Wildman–Crippen MR) is 74.8 cm³/mol. The highest BCUT2D eigenvalue weighted by Crippen LogP contribution is 2.17. The van der Waals surface area contributed by atoms with Crippen LogP contribution in [-0.2, 0) is 13.1 Å². The van der Waals surface area contributed by atoms with Gasteiger partial charge in [0.25, 0.3) is 0 Å². The molecule has 0 atom stereocenters. The van der Waals surface area contributed by atoms with Crippen LogP contribution in [0.3, 0.4) is 0 Å². The van der Waals surface area contributed by atoms with Crippen LogP contribution in [0.15, 0.2) is 6.33 Å². The van der Waals surface area contributed by atoms with Gasteiger partial charge in [-0.05, 0) is 32.4 Å². The van der Waals surface area contributed by atoms with E-state index in [-0.39, 0.29) is 0 Å². The van der Waals surface area contributed by atoms with Crippen molar-refractivity contribution in [2.75, 3.05) is 19.6 Å². The van der Waals surface area contributed by atoms with Crippen molar-refractivity contribution in [3.05, 3.63) is 12.2 Å². The van der Waals surface area contributed by atoms with Crippen molar-refractivity contribution >= 4 is 0 Å². The second kappa shape index (κ2) is 6.48. The van der Waals surface area contributed by atoms with Gasteiger partial charge in [-0.15, -0.1) is 10.2 Å².